The predicted molar refractivity (Wildman–Crippen MR) is 129 cm³/mol. The van der Waals surface area contributed by atoms with Crippen molar-refractivity contribution in [1.29, 1.82) is 0 Å². The number of nitrogens with zero attached hydrogens (tertiary/aromatic N) is 1. The maximum atomic E-state index is 12.9. The van der Waals surface area contributed by atoms with Gasteiger partial charge in [-0.05, 0) is 16.7 Å². The minimum absolute atomic E-state index is 0.198. The molecule has 0 bridgehead atoms. The molecule has 0 spiro atoms. The van der Waals surface area contributed by atoms with E-state index in [0.29, 0.717) is 26.4 Å². The Labute approximate surface area is 200 Å². The molecule has 1 heterocycles. The average Bonchev–Trinajstić information content (AvgIpc) is 2.89. The summed E-state index contributed by atoms with van der Waals surface area (Å²) in [5.74, 6) is -0.289. The van der Waals surface area contributed by atoms with Crippen LogP contribution in [-0.4, -0.2) is 48.0 Å². The summed E-state index contributed by atoms with van der Waals surface area (Å²) in [6, 6.07) is 29.2. The van der Waals surface area contributed by atoms with Gasteiger partial charge < -0.3 is 24.2 Å². The molecule has 0 saturated carbocycles. The molecule has 3 aromatic carbocycles. The van der Waals surface area contributed by atoms with Gasteiger partial charge in [0.25, 0.3) is 0 Å². The Bertz CT molecular complexity index is 999. The first-order valence-corrected chi connectivity index (χ1v) is 11.6. The highest BCUT2D eigenvalue weighted by Crippen LogP contribution is 2.23. The van der Waals surface area contributed by atoms with Crippen LogP contribution in [0.5, 0.6) is 0 Å². The number of carbonyl (C=O) groups excluding carboxylic acids is 1. The van der Waals surface area contributed by atoms with Crippen molar-refractivity contribution in [3.8, 4) is 0 Å². The van der Waals surface area contributed by atoms with Gasteiger partial charge in [0.15, 0.2) is 0 Å². The third kappa shape index (κ3) is 6.90. The highest BCUT2D eigenvalue weighted by Gasteiger charge is 2.39. The van der Waals surface area contributed by atoms with E-state index < -0.39 is 18.3 Å². The molecule has 0 aliphatic carbocycles. The first-order chi connectivity index (χ1) is 16.7. The van der Waals surface area contributed by atoms with Crippen molar-refractivity contribution in [2.45, 2.75) is 32.0 Å². The standard InChI is InChI=1S/C28H31NO5/c30-27-25(21-32-18-22-10-4-1-5-11-22)16-29(28(31)34-20-24-14-8-3-9-15-24)17-26(27)33-19-23-12-6-2-7-13-23/h1-15,25-27,30H,16-21H2. The molecular formula is C28H31NO5. The van der Waals surface area contributed by atoms with Gasteiger partial charge in [-0.15, -0.1) is 0 Å². The van der Waals surface area contributed by atoms with Gasteiger partial charge in [-0.25, -0.2) is 4.79 Å². The van der Waals surface area contributed by atoms with E-state index in [1.807, 2.05) is 91.0 Å². The second kappa shape index (κ2) is 12.3. The Morgan fingerprint density at radius 1 is 0.765 bits per heavy atom. The molecule has 1 aliphatic rings. The maximum Gasteiger partial charge on any atom is 0.410 e. The lowest BCUT2D eigenvalue weighted by Gasteiger charge is -2.40. The van der Waals surface area contributed by atoms with E-state index in [4.69, 9.17) is 14.2 Å². The molecule has 0 aromatic heterocycles. The van der Waals surface area contributed by atoms with Gasteiger partial charge in [-0.2, -0.15) is 0 Å². The molecule has 6 heteroatoms. The Balaban J connectivity index is 1.38. The third-order valence-corrected chi connectivity index (χ3v) is 5.93. The zero-order chi connectivity index (χ0) is 23.6. The summed E-state index contributed by atoms with van der Waals surface area (Å²) in [6.45, 7) is 1.91. The van der Waals surface area contributed by atoms with E-state index in [9.17, 15) is 9.90 Å². The van der Waals surface area contributed by atoms with Crippen molar-refractivity contribution < 1.29 is 24.1 Å². The van der Waals surface area contributed by atoms with Crippen LogP contribution in [-0.2, 0) is 34.0 Å². The highest BCUT2D eigenvalue weighted by atomic mass is 16.6. The van der Waals surface area contributed by atoms with E-state index in [0.717, 1.165) is 16.7 Å². The van der Waals surface area contributed by atoms with Crippen molar-refractivity contribution in [3.05, 3.63) is 108 Å². The number of benzene rings is 3. The molecular weight excluding hydrogens is 430 g/mol. The van der Waals surface area contributed by atoms with Crippen LogP contribution < -0.4 is 0 Å². The minimum atomic E-state index is -0.752. The quantitative estimate of drug-likeness (QED) is 0.511. The number of ether oxygens (including phenoxy) is 3. The van der Waals surface area contributed by atoms with Crippen LogP contribution in [0.2, 0.25) is 0 Å². The van der Waals surface area contributed by atoms with E-state index in [-0.39, 0.29) is 19.1 Å². The van der Waals surface area contributed by atoms with Crippen molar-refractivity contribution in [2.24, 2.45) is 5.92 Å². The first-order valence-electron chi connectivity index (χ1n) is 11.6. The van der Waals surface area contributed by atoms with Crippen molar-refractivity contribution in [1.82, 2.24) is 4.90 Å². The number of hydrogen-bond donors (Lipinski definition) is 1. The molecule has 1 aliphatic heterocycles. The van der Waals surface area contributed by atoms with Crippen LogP contribution in [0.4, 0.5) is 4.79 Å². The van der Waals surface area contributed by atoms with Crippen LogP contribution >= 0.6 is 0 Å². The topological polar surface area (TPSA) is 68.2 Å². The number of aliphatic hydroxyl groups excluding tert-OH is 1. The summed E-state index contributed by atoms with van der Waals surface area (Å²) >= 11 is 0. The van der Waals surface area contributed by atoms with E-state index in [1.54, 1.807) is 4.90 Å². The van der Waals surface area contributed by atoms with Crippen LogP contribution in [0.15, 0.2) is 91.0 Å². The Morgan fingerprint density at radius 3 is 1.88 bits per heavy atom. The molecule has 1 N–H and O–H groups in total. The molecule has 3 aromatic rings. The molecule has 178 valence electrons. The number of hydrogen-bond acceptors (Lipinski definition) is 5. The average molecular weight is 462 g/mol. The number of piperidine rings is 1. The molecule has 1 fully saturated rings. The van der Waals surface area contributed by atoms with Gasteiger partial charge in [0.2, 0.25) is 0 Å². The molecule has 0 radical (unpaired) electrons. The second-order valence-corrected chi connectivity index (χ2v) is 8.53. The SMILES string of the molecule is O=C(OCc1ccccc1)N1CC(COCc2ccccc2)C(O)C(OCc2ccccc2)C1. The van der Waals surface area contributed by atoms with Gasteiger partial charge in [0, 0.05) is 12.5 Å². The normalized spacial score (nSPS) is 20.1. The molecule has 4 rings (SSSR count). The van der Waals surface area contributed by atoms with Gasteiger partial charge in [0.05, 0.1) is 32.5 Å². The summed E-state index contributed by atoms with van der Waals surface area (Å²) in [4.78, 5) is 14.5. The van der Waals surface area contributed by atoms with Gasteiger partial charge >= 0.3 is 6.09 Å². The zero-order valence-corrected chi connectivity index (χ0v) is 19.2. The number of carbonyl (C=O) groups is 1. The zero-order valence-electron chi connectivity index (χ0n) is 19.2. The lowest BCUT2D eigenvalue weighted by atomic mass is 9.93. The van der Waals surface area contributed by atoms with Crippen molar-refractivity contribution in [2.75, 3.05) is 19.7 Å². The monoisotopic (exact) mass is 461 g/mol. The molecule has 1 amide bonds. The number of likely N-dealkylation sites (tertiary alicyclic amines) is 1. The van der Waals surface area contributed by atoms with E-state index in [2.05, 4.69) is 0 Å². The molecule has 6 nitrogen and oxygen atoms in total. The second-order valence-electron chi connectivity index (χ2n) is 8.53. The summed E-state index contributed by atoms with van der Waals surface area (Å²) in [5, 5.41) is 11.0. The molecule has 34 heavy (non-hydrogen) atoms. The highest BCUT2D eigenvalue weighted by molar-refractivity contribution is 5.68. The Morgan fingerprint density at radius 2 is 1.29 bits per heavy atom. The maximum absolute atomic E-state index is 12.9. The fourth-order valence-electron chi connectivity index (χ4n) is 4.04. The summed E-state index contributed by atoms with van der Waals surface area (Å²) in [5.41, 5.74) is 2.99. The summed E-state index contributed by atoms with van der Waals surface area (Å²) < 4.78 is 17.5. The number of aliphatic hydroxyl groups is 1. The lowest BCUT2D eigenvalue weighted by Crippen LogP contribution is -2.56. The molecule has 3 atom stereocenters. The number of amides is 1. The van der Waals surface area contributed by atoms with Crippen LogP contribution in [0, 0.1) is 5.92 Å². The largest absolute Gasteiger partial charge is 0.445 e. The van der Waals surface area contributed by atoms with Crippen LogP contribution in [0.3, 0.4) is 0 Å². The minimum Gasteiger partial charge on any atom is -0.445 e. The molecule has 1 saturated heterocycles. The fraction of sp³-hybridized carbons (Fsp3) is 0.321. The predicted octanol–water partition coefficient (Wildman–Crippen LogP) is 4.42. The van der Waals surface area contributed by atoms with Crippen LogP contribution in [0.25, 0.3) is 0 Å². The number of rotatable bonds is 9. The lowest BCUT2D eigenvalue weighted by molar-refractivity contribution is -0.123. The Hall–Kier alpha value is -3.19. The summed E-state index contributed by atoms with van der Waals surface area (Å²) in [7, 11) is 0. The fourth-order valence-corrected chi connectivity index (χ4v) is 4.04. The summed E-state index contributed by atoms with van der Waals surface area (Å²) in [6.07, 6.45) is -1.71. The molecule has 3 unspecified atom stereocenters. The third-order valence-electron chi connectivity index (χ3n) is 5.93. The Kier molecular flexibility index (Phi) is 8.68. The van der Waals surface area contributed by atoms with Gasteiger partial charge in [0.1, 0.15) is 12.7 Å². The van der Waals surface area contributed by atoms with E-state index >= 15 is 0 Å². The smallest absolute Gasteiger partial charge is 0.410 e. The van der Waals surface area contributed by atoms with E-state index in [1.165, 1.54) is 0 Å². The van der Waals surface area contributed by atoms with Crippen LogP contribution in [0.1, 0.15) is 16.7 Å². The first kappa shape index (κ1) is 24.0. The van der Waals surface area contributed by atoms with Crippen molar-refractivity contribution in [3.63, 3.8) is 0 Å². The van der Waals surface area contributed by atoms with Gasteiger partial charge in [-0.1, -0.05) is 91.0 Å². The van der Waals surface area contributed by atoms with Gasteiger partial charge in [-0.3, -0.25) is 0 Å². The van der Waals surface area contributed by atoms with Crippen molar-refractivity contribution >= 4 is 6.09 Å².